The minimum Gasteiger partial charge on any atom is -0.481 e. The molecule has 106 valence electrons. The Morgan fingerprint density at radius 1 is 1.28 bits per heavy atom. The first-order valence-electron chi connectivity index (χ1n) is 5.61. The maximum absolute atomic E-state index is 11.5. The van der Waals surface area contributed by atoms with Crippen LogP contribution in [0.3, 0.4) is 0 Å². The van der Waals surface area contributed by atoms with Crippen LogP contribution in [0.1, 0.15) is 19.3 Å². The number of amides is 2. The van der Waals surface area contributed by atoms with Gasteiger partial charge in [-0.05, 0) is 12.8 Å². The summed E-state index contributed by atoms with van der Waals surface area (Å²) in [4.78, 5) is 23.1. The number of nitrogens with zero attached hydrogens (tertiary/aromatic N) is 1. The van der Waals surface area contributed by atoms with E-state index in [0.717, 1.165) is 6.26 Å². The molecule has 0 radical (unpaired) electrons. The molecule has 0 aliphatic carbocycles. The summed E-state index contributed by atoms with van der Waals surface area (Å²) in [6.07, 6.45) is 1.93. The van der Waals surface area contributed by atoms with E-state index in [4.69, 9.17) is 5.11 Å². The van der Waals surface area contributed by atoms with Gasteiger partial charge in [0, 0.05) is 32.8 Å². The Bertz CT molecular complexity index is 380. The molecule has 8 heteroatoms. The average molecular weight is 280 g/mol. The SMILES string of the molecule is CN(CCCC(=O)O)C(=O)NCCCS(C)(=O)=O. The molecule has 0 spiro atoms. The van der Waals surface area contributed by atoms with Crippen molar-refractivity contribution < 1.29 is 23.1 Å². The molecule has 0 aliphatic heterocycles. The molecule has 7 nitrogen and oxygen atoms in total. The Kier molecular flexibility index (Phi) is 7.33. The number of aliphatic carboxylic acids is 1. The van der Waals surface area contributed by atoms with Crippen molar-refractivity contribution in [1.29, 1.82) is 0 Å². The van der Waals surface area contributed by atoms with Crippen LogP contribution in [-0.2, 0) is 14.6 Å². The first-order chi connectivity index (χ1) is 8.22. The normalized spacial score (nSPS) is 11.0. The lowest BCUT2D eigenvalue weighted by molar-refractivity contribution is -0.137. The van der Waals surface area contributed by atoms with E-state index in [2.05, 4.69) is 5.32 Å². The number of hydrogen-bond donors (Lipinski definition) is 2. The Labute approximate surface area is 107 Å². The maximum Gasteiger partial charge on any atom is 0.317 e. The van der Waals surface area contributed by atoms with Crippen LogP contribution >= 0.6 is 0 Å². The summed E-state index contributed by atoms with van der Waals surface area (Å²) in [5.74, 6) is -0.854. The third-order valence-corrected chi connectivity index (χ3v) is 3.23. The van der Waals surface area contributed by atoms with Gasteiger partial charge in [-0.3, -0.25) is 4.79 Å². The number of carboxylic acid groups (broad SMARTS) is 1. The van der Waals surface area contributed by atoms with Gasteiger partial charge in [0.05, 0.1) is 5.75 Å². The molecule has 0 aromatic carbocycles. The quantitative estimate of drug-likeness (QED) is 0.606. The van der Waals surface area contributed by atoms with Gasteiger partial charge in [0.2, 0.25) is 0 Å². The van der Waals surface area contributed by atoms with E-state index in [1.807, 2.05) is 0 Å². The third kappa shape index (κ3) is 9.88. The van der Waals surface area contributed by atoms with Gasteiger partial charge in [-0.1, -0.05) is 0 Å². The topological polar surface area (TPSA) is 104 Å². The van der Waals surface area contributed by atoms with Crippen molar-refractivity contribution in [2.24, 2.45) is 0 Å². The molecule has 18 heavy (non-hydrogen) atoms. The zero-order valence-corrected chi connectivity index (χ0v) is 11.5. The van der Waals surface area contributed by atoms with Crippen molar-refractivity contribution in [3.05, 3.63) is 0 Å². The summed E-state index contributed by atoms with van der Waals surface area (Å²) in [7, 11) is -1.43. The minimum atomic E-state index is -3.00. The van der Waals surface area contributed by atoms with Gasteiger partial charge in [0.1, 0.15) is 9.84 Å². The Hall–Kier alpha value is -1.31. The predicted octanol–water partition coefficient (Wildman–Crippen LogP) is -0.0727. The van der Waals surface area contributed by atoms with Gasteiger partial charge >= 0.3 is 12.0 Å². The molecule has 0 heterocycles. The fraction of sp³-hybridized carbons (Fsp3) is 0.800. The third-order valence-electron chi connectivity index (χ3n) is 2.20. The van der Waals surface area contributed by atoms with Crippen molar-refractivity contribution >= 4 is 21.8 Å². The van der Waals surface area contributed by atoms with Crippen molar-refractivity contribution in [1.82, 2.24) is 10.2 Å². The minimum absolute atomic E-state index is 0.0195. The Balaban J connectivity index is 3.71. The van der Waals surface area contributed by atoms with Gasteiger partial charge in [-0.25, -0.2) is 13.2 Å². The average Bonchev–Trinajstić information content (AvgIpc) is 2.22. The second-order valence-electron chi connectivity index (χ2n) is 4.13. The molecule has 0 aliphatic rings. The van der Waals surface area contributed by atoms with Crippen LogP contribution in [0.5, 0.6) is 0 Å². The summed E-state index contributed by atoms with van der Waals surface area (Å²) in [5.41, 5.74) is 0. The molecule has 2 N–H and O–H groups in total. The van der Waals surface area contributed by atoms with Crippen LogP contribution in [0, 0.1) is 0 Å². The first kappa shape index (κ1) is 16.7. The highest BCUT2D eigenvalue weighted by Gasteiger charge is 2.08. The predicted molar refractivity (Wildman–Crippen MR) is 67.2 cm³/mol. The smallest absolute Gasteiger partial charge is 0.317 e. The van der Waals surface area contributed by atoms with Crippen LogP contribution in [0.2, 0.25) is 0 Å². The van der Waals surface area contributed by atoms with Gasteiger partial charge < -0.3 is 15.3 Å². The second kappa shape index (κ2) is 7.91. The van der Waals surface area contributed by atoms with E-state index in [9.17, 15) is 18.0 Å². The zero-order valence-electron chi connectivity index (χ0n) is 10.7. The highest BCUT2D eigenvalue weighted by Crippen LogP contribution is 1.94. The standard InChI is InChI=1S/C10H20N2O5S/c1-12(7-3-5-9(13)14)10(15)11-6-4-8-18(2,16)17/h3-8H2,1-2H3,(H,11,15)(H,13,14). The molecule has 0 aromatic heterocycles. The number of sulfone groups is 1. The summed E-state index contributed by atoms with van der Waals surface area (Å²) in [5, 5.41) is 11.0. The van der Waals surface area contributed by atoms with Crippen LogP contribution in [0.15, 0.2) is 0 Å². The monoisotopic (exact) mass is 280 g/mol. The lowest BCUT2D eigenvalue weighted by atomic mass is 10.3. The van der Waals surface area contributed by atoms with Gasteiger partial charge in [-0.2, -0.15) is 0 Å². The van der Waals surface area contributed by atoms with Crippen molar-refractivity contribution in [2.75, 3.05) is 32.1 Å². The maximum atomic E-state index is 11.5. The molecule has 0 atom stereocenters. The number of carbonyl (C=O) groups excluding carboxylic acids is 1. The van der Waals surface area contributed by atoms with Crippen molar-refractivity contribution in [2.45, 2.75) is 19.3 Å². The number of hydrogen-bond acceptors (Lipinski definition) is 4. The number of carboxylic acids is 1. The zero-order chi connectivity index (χ0) is 14.2. The molecular formula is C10H20N2O5S. The van der Waals surface area contributed by atoms with Crippen molar-refractivity contribution in [3.63, 3.8) is 0 Å². The van der Waals surface area contributed by atoms with Crippen molar-refractivity contribution in [3.8, 4) is 0 Å². The lowest BCUT2D eigenvalue weighted by Crippen LogP contribution is -2.38. The van der Waals surface area contributed by atoms with Crippen LogP contribution in [0.4, 0.5) is 4.79 Å². The molecule has 0 saturated carbocycles. The molecule has 0 aromatic rings. The van der Waals surface area contributed by atoms with E-state index in [0.29, 0.717) is 19.4 Å². The van der Waals surface area contributed by atoms with Gasteiger partial charge in [-0.15, -0.1) is 0 Å². The van der Waals surface area contributed by atoms with E-state index in [1.165, 1.54) is 4.90 Å². The molecule has 0 rings (SSSR count). The van der Waals surface area contributed by atoms with E-state index >= 15 is 0 Å². The summed E-state index contributed by atoms with van der Waals surface area (Å²) in [6.45, 7) is 0.638. The van der Waals surface area contributed by atoms with E-state index in [-0.39, 0.29) is 24.7 Å². The highest BCUT2D eigenvalue weighted by atomic mass is 32.2. The van der Waals surface area contributed by atoms with Gasteiger partial charge in [0.25, 0.3) is 0 Å². The van der Waals surface area contributed by atoms with E-state index < -0.39 is 15.8 Å². The first-order valence-corrected chi connectivity index (χ1v) is 7.67. The number of rotatable bonds is 8. The fourth-order valence-corrected chi connectivity index (χ4v) is 1.90. The Morgan fingerprint density at radius 2 is 1.89 bits per heavy atom. The second-order valence-corrected chi connectivity index (χ2v) is 6.39. The Morgan fingerprint density at radius 3 is 2.39 bits per heavy atom. The van der Waals surface area contributed by atoms with Crippen LogP contribution < -0.4 is 5.32 Å². The largest absolute Gasteiger partial charge is 0.481 e. The molecule has 0 bridgehead atoms. The number of nitrogens with one attached hydrogen (secondary N) is 1. The summed E-state index contributed by atoms with van der Waals surface area (Å²) < 4.78 is 21.7. The molecule has 0 fully saturated rings. The lowest BCUT2D eigenvalue weighted by Gasteiger charge is -2.17. The highest BCUT2D eigenvalue weighted by molar-refractivity contribution is 7.90. The van der Waals surface area contributed by atoms with Crippen LogP contribution in [0.25, 0.3) is 0 Å². The summed E-state index contributed by atoms with van der Waals surface area (Å²) >= 11 is 0. The summed E-state index contributed by atoms with van der Waals surface area (Å²) in [6, 6.07) is -0.325. The molecule has 0 unspecified atom stereocenters. The number of carbonyl (C=O) groups is 2. The molecular weight excluding hydrogens is 260 g/mol. The molecule has 2 amide bonds. The fourth-order valence-electron chi connectivity index (χ4n) is 1.23. The number of urea groups is 1. The van der Waals surface area contributed by atoms with Crippen LogP contribution in [-0.4, -0.2) is 62.6 Å². The van der Waals surface area contributed by atoms with E-state index in [1.54, 1.807) is 7.05 Å². The van der Waals surface area contributed by atoms with Gasteiger partial charge in [0.15, 0.2) is 0 Å². The molecule has 0 saturated heterocycles.